The Morgan fingerprint density at radius 2 is 1.85 bits per heavy atom. The van der Waals surface area contributed by atoms with Crippen LogP contribution in [0.5, 0.6) is 11.5 Å². The van der Waals surface area contributed by atoms with Gasteiger partial charge in [-0.15, -0.1) is 5.10 Å². The molecule has 0 saturated carbocycles. The van der Waals surface area contributed by atoms with Crippen molar-refractivity contribution in [3.05, 3.63) is 66.6 Å². The van der Waals surface area contributed by atoms with Gasteiger partial charge in [0.2, 0.25) is 11.9 Å². The monoisotopic (exact) mass is 542 g/mol. The Bertz CT molecular complexity index is 1710. The summed E-state index contributed by atoms with van der Waals surface area (Å²) in [5.41, 5.74) is 3.43. The number of amides is 1. The van der Waals surface area contributed by atoms with E-state index in [0.717, 1.165) is 11.0 Å². The molecule has 0 bridgehead atoms. The van der Waals surface area contributed by atoms with Gasteiger partial charge < -0.3 is 19.9 Å². The summed E-state index contributed by atoms with van der Waals surface area (Å²) in [7, 11) is 1.84. The summed E-state index contributed by atoms with van der Waals surface area (Å²) in [5.74, 6) is 2.16. The minimum atomic E-state index is -0.0752. The minimum Gasteiger partial charge on any atom is -0.457 e. The number of carbonyl (C=O) groups is 1. The van der Waals surface area contributed by atoms with Gasteiger partial charge in [-0.2, -0.15) is 0 Å². The molecule has 6 rings (SSSR count). The van der Waals surface area contributed by atoms with E-state index in [1.807, 2.05) is 42.3 Å². The zero-order valence-corrected chi connectivity index (χ0v) is 21.7. The van der Waals surface area contributed by atoms with Crippen LogP contribution in [0.2, 0.25) is 5.02 Å². The number of aryl methyl sites for hydroxylation is 1. The summed E-state index contributed by atoms with van der Waals surface area (Å²) in [5, 5.41) is 11.8. The molecule has 5 aromatic rings. The molecular weight excluding hydrogens is 520 g/mol. The smallest absolute Gasteiger partial charge is 0.246 e. The summed E-state index contributed by atoms with van der Waals surface area (Å²) in [6.07, 6.45) is 4.44. The normalized spacial score (nSPS) is 13.6. The van der Waals surface area contributed by atoms with Crippen LogP contribution in [0, 0.1) is 0 Å². The van der Waals surface area contributed by atoms with Crippen molar-refractivity contribution in [3.8, 4) is 11.5 Å². The van der Waals surface area contributed by atoms with E-state index in [1.54, 1.807) is 21.8 Å². The van der Waals surface area contributed by atoms with Crippen molar-refractivity contribution in [3.63, 3.8) is 0 Å². The first kappa shape index (κ1) is 24.5. The third-order valence-electron chi connectivity index (χ3n) is 6.42. The molecule has 0 aliphatic carbocycles. The van der Waals surface area contributed by atoms with Crippen LogP contribution in [0.15, 0.2) is 61.6 Å². The first-order chi connectivity index (χ1) is 19.0. The van der Waals surface area contributed by atoms with Crippen molar-refractivity contribution in [1.29, 1.82) is 0 Å². The van der Waals surface area contributed by atoms with Crippen LogP contribution in [0.4, 0.5) is 17.5 Å². The molecule has 4 heterocycles. The lowest BCUT2D eigenvalue weighted by Crippen LogP contribution is -2.48. The number of fused-ring (bicyclic) bond motifs is 2. The number of hydrogen-bond acceptors (Lipinski definition) is 10. The van der Waals surface area contributed by atoms with Crippen LogP contribution in [0.25, 0.3) is 22.1 Å². The molecule has 0 unspecified atom stereocenters. The number of carbonyl (C=O) groups excluding carboxylic acids is 1. The van der Waals surface area contributed by atoms with Gasteiger partial charge in [-0.1, -0.05) is 23.4 Å². The van der Waals surface area contributed by atoms with E-state index >= 15 is 0 Å². The second-order valence-corrected chi connectivity index (χ2v) is 9.28. The molecule has 12 nitrogen and oxygen atoms in total. The molecule has 1 N–H and O–H groups in total. The fourth-order valence-corrected chi connectivity index (χ4v) is 4.57. The topological polar surface area (TPSA) is 127 Å². The summed E-state index contributed by atoms with van der Waals surface area (Å²) < 4.78 is 7.70. The maximum Gasteiger partial charge on any atom is 0.246 e. The van der Waals surface area contributed by atoms with E-state index in [4.69, 9.17) is 21.3 Å². The number of piperazine rings is 1. The van der Waals surface area contributed by atoms with Crippen molar-refractivity contribution in [2.45, 2.75) is 0 Å². The fraction of sp³-hybridized carbons (Fsp3) is 0.192. The number of anilines is 3. The van der Waals surface area contributed by atoms with Gasteiger partial charge in [-0.25, -0.2) is 24.6 Å². The molecule has 1 fully saturated rings. The summed E-state index contributed by atoms with van der Waals surface area (Å²) in [6.45, 7) is 5.92. The molecule has 0 atom stereocenters. The highest BCUT2D eigenvalue weighted by molar-refractivity contribution is 6.33. The highest BCUT2D eigenvalue weighted by Crippen LogP contribution is 2.33. The molecule has 39 heavy (non-hydrogen) atoms. The number of halogens is 1. The van der Waals surface area contributed by atoms with E-state index in [9.17, 15) is 4.79 Å². The molecule has 0 radical (unpaired) electrons. The Kier molecular flexibility index (Phi) is 6.37. The average Bonchev–Trinajstić information content (AvgIpc) is 3.33. The molecule has 1 saturated heterocycles. The molecule has 0 spiro atoms. The van der Waals surface area contributed by atoms with Gasteiger partial charge >= 0.3 is 0 Å². The third kappa shape index (κ3) is 4.89. The molecule has 13 heteroatoms. The number of nitrogens with one attached hydrogen (secondary N) is 1. The summed E-state index contributed by atoms with van der Waals surface area (Å²) in [4.78, 5) is 33.6. The zero-order valence-electron chi connectivity index (χ0n) is 21.0. The SMILES string of the molecule is C=CC(=O)N1CCN(c2ncc3ncnc(Nc4ccc(Oc5ccc6c(c5)nnn6C)cc4Cl)c3n2)CC1. The van der Waals surface area contributed by atoms with Crippen molar-refractivity contribution in [2.24, 2.45) is 7.05 Å². The Hall–Kier alpha value is -4.84. The summed E-state index contributed by atoms with van der Waals surface area (Å²) >= 11 is 6.61. The van der Waals surface area contributed by atoms with Gasteiger partial charge in [0.25, 0.3) is 0 Å². The zero-order chi connectivity index (χ0) is 26.9. The first-order valence-electron chi connectivity index (χ1n) is 12.2. The second-order valence-electron chi connectivity index (χ2n) is 8.87. The fourth-order valence-electron chi connectivity index (χ4n) is 4.35. The van der Waals surface area contributed by atoms with Crippen LogP contribution >= 0.6 is 11.6 Å². The van der Waals surface area contributed by atoms with Crippen molar-refractivity contribution >= 4 is 57.0 Å². The van der Waals surface area contributed by atoms with Crippen molar-refractivity contribution in [2.75, 3.05) is 36.4 Å². The predicted molar refractivity (Wildman–Crippen MR) is 147 cm³/mol. The standard InChI is InChI=1S/C26H23ClN10O2/c1-3-23(38)36-8-10-37(11-9-36)26-28-14-21-24(32-26)25(30-15-29-21)31-19-6-4-16(12-18(19)27)39-17-5-7-22-20(13-17)33-34-35(22)2/h3-7,12-15H,1,8-11H2,2H3,(H,29,30,31). The predicted octanol–water partition coefficient (Wildman–Crippen LogP) is 3.73. The van der Waals surface area contributed by atoms with Crippen LogP contribution < -0.4 is 15.0 Å². The van der Waals surface area contributed by atoms with Gasteiger partial charge in [0.05, 0.1) is 22.4 Å². The Balaban J connectivity index is 1.21. The highest BCUT2D eigenvalue weighted by atomic mass is 35.5. The van der Waals surface area contributed by atoms with E-state index in [0.29, 0.717) is 71.2 Å². The Labute approximate surface area is 227 Å². The third-order valence-corrected chi connectivity index (χ3v) is 6.74. The Morgan fingerprint density at radius 3 is 2.64 bits per heavy atom. The number of ether oxygens (including phenoxy) is 1. The number of hydrogen-bond donors (Lipinski definition) is 1. The average molecular weight is 543 g/mol. The summed E-state index contributed by atoms with van der Waals surface area (Å²) in [6, 6.07) is 10.9. The lowest BCUT2D eigenvalue weighted by atomic mass is 10.2. The molecular formula is C26H23ClN10O2. The van der Waals surface area contributed by atoms with E-state index in [1.165, 1.54) is 12.4 Å². The number of rotatable bonds is 6. The lowest BCUT2D eigenvalue weighted by molar-refractivity contribution is -0.126. The largest absolute Gasteiger partial charge is 0.457 e. The maximum atomic E-state index is 11.9. The molecule has 1 aliphatic heterocycles. The van der Waals surface area contributed by atoms with E-state index in [-0.39, 0.29) is 5.91 Å². The minimum absolute atomic E-state index is 0.0752. The number of nitrogens with zero attached hydrogens (tertiary/aromatic N) is 9. The van der Waals surface area contributed by atoms with Gasteiger partial charge in [-0.05, 0) is 30.3 Å². The highest BCUT2D eigenvalue weighted by Gasteiger charge is 2.22. The van der Waals surface area contributed by atoms with Crippen LogP contribution in [-0.4, -0.2) is 71.9 Å². The maximum absolute atomic E-state index is 11.9. The Morgan fingerprint density at radius 1 is 1.05 bits per heavy atom. The second kappa shape index (κ2) is 10.1. The molecule has 3 aromatic heterocycles. The molecule has 1 amide bonds. The van der Waals surface area contributed by atoms with Gasteiger partial charge in [-0.3, -0.25) is 4.79 Å². The van der Waals surface area contributed by atoms with Gasteiger partial charge in [0.15, 0.2) is 5.82 Å². The van der Waals surface area contributed by atoms with Crippen LogP contribution in [0.1, 0.15) is 0 Å². The number of benzene rings is 2. The molecule has 2 aromatic carbocycles. The lowest BCUT2D eigenvalue weighted by Gasteiger charge is -2.34. The van der Waals surface area contributed by atoms with Gasteiger partial charge in [0, 0.05) is 45.4 Å². The van der Waals surface area contributed by atoms with Crippen molar-refractivity contribution in [1.82, 2.24) is 39.8 Å². The quantitative estimate of drug-likeness (QED) is 0.317. The van der Waals surface area contributed by atoms with Crippen LogP contribution in [-0.2, 0) is 11.8 Å². The molecule has 196 valence electrons. The van der Waals surface area contributed by atoms with Crippen LogP contribution in [0.3, 0.4) is 0 Å². The first-order valence-corrected chi connectivity index (χ1v) is 12.5. The number of aromatic nitrogens is 7. The van der Waals surface area contributed by atoms with Gasteiger partial charge in [0.1, 0.15) is 34.4 Å². The van der Waals surface area contributed by atoms with E-state index < -0.39 is 0 Å². The van der Waals surface area contributed by atoms with E-state index in [2.05, 4.69) is 37.2 Å². The van der Waals surface area contributed by atoms with Crippen molar-refractivity contribution < 1.29 is 9.53 Å². The molecule has 1 aliphatic rings.